The van der Waals surface area contributed by atoms with Gasteiger partial charge in [-0.25, -0.2) is 4.68 Å². The molecule has 27 heavy (non-hydrogen) atoms. The Balaban J connectivity index is 1.80. The van der Waals surface area contributed by atoms with Gasteiger partial charge in [0, 0.05) is 29.6 Å². The van der Waals surface area contributed by atoms with Crippen molar-refractivity contribution in [3.8, 4) is 16.9 Å². The molecule has 0 atom stereocenters. The molecule has 6 nitrogen and oxygen atoms in total. The van der Waals surface area contributed by atoms with Gasteiger partial charge in [0.1, 0.15) is 11.5 Å². The van der Waals surface area contributed by atoms with Gasteiger partial charge in [-0.3, -0.25) is 9.78 Å². The van der Waals surface area contributed by atoms with Gasteiger partial charge >= 0.3 is 0 Å². The first-order valence-corrected chi connectivity index (χ1v) is 8.81. The molecular formula is C21H21N5O. The van der Waals surface area contributed by atoms with E-state index in [1.807, 2.05) is 55.6 Å². The summed E-state index contributed by atoms with van der Waals surface area (Å²) in [6.07, 6.45) is 7.24. The zero-order chi connectivity index (χ0) is 19.0. The normalized spacial score (nSPS) is 11.7. The van der Waals surface area contributed by atoms with E-state index in [1.54, 1.807) is 29.3 Å². The Kier molecular flexibility index (Phi) is 4.03. The summed E-state index contributed by atoms with van der Waals surface area (Å²) in [5.41, 5.74) is 3.36. The maximum absolute atomic E-state index is 12.7. The van der Waals surface area contributed by atoms with Crippen LogP contribution in [0, 0.1) is 0 Å². The Labute approximate surface area is 157 Å². The third-order valence-electron chi connectivity index (χ3n) is 4.22. The molecule has 4 heterocycles. The lowest BCUT2D eigenvalue weighted by molar-refractivity contribution is 0.0911. The van der Waals surface area contributed by atoms with Crippen molar-refractivity contribution < 1.29 is 4.79 Å². The van der Waals surface area contributed by atoms with Gasteiger partial charge < -0.3 is 9.72 Å². The third-order valence-corrected chi connectivity index (χ3v) is 4.22. The number of rotatable bonds is 3. The molecule has 4 aromatic rings. The number of nitrogens with one attached hydrogen (secondary N) is 1. The number of aromatic nitrogens is 4. The molecule has 0 aliphatic rings. The summed E-state index contributed by atoms with van der Waals surface area (Å²) in [7, 11) is 0. The van der Waals surface area contributed by atoms with Crippen LogP contribution >= 0.6 is 0 Å². The van der Waals surface area contributed by atoms with Gasteiger partial charge in [0.25, 0.3) is 5.91 Å². The quantitative estimate of drug-likeness (QED) is 0.606. The largest absolute Gasteiger partial charge is 0.346 e. The predicted octanol–water partition coefficient (Wildman–Crippen LogP) is 3.72. The van der Waals surface area contributed by atoms with Crippen molar-refractivity contribution in [2.24, 2.45) is 0 Å². The van der Waals surface area contributed by atoms with Gasteiger partial charge in [0.05, 0.1) is 6.20 Å². The Morgan fingerprint density at radius 2 is 1.67 bits per heavy atom. The second kappa shape index (κ2) is 6.39. The second-order valence-corrected chi connectivity index (χ2v) is 7.47. The molecule has 1 N–H and O–H groups in total. The molecular weight excluding hydrogens is 338 g/mol. The van der Waals surface area contributed by atoms with Crippen LogP contribution in [0.1, 0.15) is 31.3 Å². The van der Waals surface area contributed by atoms with E-state index in [0.717, 1.165) is 22.5 Å². The monoisotopic (exact) mass is 359 g/mol. The van der Waals surface area contributed by atoms with Gasteiger partial charge in [-0.05, 0) is 68.3 Å². The Morgan fingerprint density at radius 1 is 0.926 bits per heavy atom. The third kappa shape index (κ3) is 3.33. The lowest BCUT2D eigenvalue weighted by atomic mass is 10.1. The van der Waals surface area contributed by atoms with Crippen molar-refractivity contribution in [3.63, 3.8) is 0 Å². The first-order chi connectivity index (χ1) is 12.9. The first kappa shape index (κ1) is 17.0. The van der Waals surface area contributed by atoms with E-state index in [9.17, 15) is 4.79 Å². The molecule has 1 amide bonds. The highest BCUT2D eigenvalue weighted by Gasteiger charge is 2.20. The van der Waals surface area contributed by atoms with Gasteiger partial charge in [-0.2, -0.15) is 5.10 Å². The fourth-order valence-corrected chi connectivity index (χ4v) is 3.04. The lowest BCUT2D eigenvalue weighted by Gasteiger charge is -2.20. The van der Waals surface area contributed by atoms with Crippen molar-refractivity contribution in [3.05, 3.63) is 72.9 Å². The summed E-state index contributed by atoms with van der Waals surface area (Å²) in [6, 6.07) is 13.8. The summed E-state index contributed by atoms with van der Waals surface area (Å²) < 4.78 is 3.71. The average Bonchev–Trinajstić information content (AvgIpc) is 3.27. The fourth-order valence-electron chi connectivity index (χ4n) is 3.04. The van der Waals surface area contributed by atoms with Crippen LogP contribution in [0.2, 0.25) is 0 Å². The van der Waals surface area contributed by atoms with E-state index in [-0.39, 0.29) is 11.4 Å². The lowest BCUT2D eigenvalue weighted by Crippen LogP contribution is -2.41. The highest BCUT2D eigenvalue weighted by Crippen LogP contribution is 2.23. The van der Waals surface area contributed by atoms with Gasteiger partial charge in [-0.1, -0.05) is 6.07 Å². The maximum Gasteiger partial charge on any atom is 0.270 e. The van der Waals surface area contributed by atoms with Gasteiger partial charge in [0.2, 0.25) is 0 Å². The SMILES string of the molecule is CC(C)(C)NC(=O)c1ccnn1-c1ccc2ccc(-c3ccncc3)cn12. The van der Waals surface area contributed by atoms with Crippen LogP contribution < -0.4 is 5.32 Å². The van der Waals surface area contributed by atoms with E-state index < -0.39 is 0 Å². The molecule has 0 unspecified atom stereocenters. The number of carbonyl (C=O) groups is 1. The smallest absolute Gasteiger partial charge is 0.270 e. The summed E-state index contributed by atoms with van der Waals surface area (Å²) in [5.74, 6) is 0.658. The maximum atomic E-state index is 12.7. The molecule has 4 aromatic heterocycles. The molecule has 0 aliphatic carbocycles. The van der Waals surface area contributed by atoms with Crippen LogP contribution in [-0.2, 0) is 0 Å². The number of nitrogens with zero attached hydrogens (tertiary/aromatic N) is 4. The van der Waals surface area contributed by atoms with E-state index in [1.165, 1.54) is 0 Å². The number of hydrogen-bond donors (Lipinski definition) is 1. The number of carbonyl (C=O) groups excluding carboxylic acids is 1. The van der Waals surface area contributed by atoms with E-state index in [2.05, 4.69) is 27.5 Å². The minimum Gasteiger partial charge on any atom is -0.346 e. The zero-order valence-corrected chi connectivity index (χ0v) is 15.5. The van der Waals surface area contributed by atoms with E-state index >= 15 is 0 Å². The topological polar surface area (TPSA) is 64.2 Å². The molecule has 0 aliphatic heterocycles. The molecule has 0 saturated heterocycles. The highest BCUT2D eigenvalue weighted by molar-refractivity contribution is 5.93. The molecule has 4 rings (SSSR count). The van der Waals surface area contributed by atoms with Crippen LogP contribution in [-0.4, -0.2) is 30.6 Å². The average molecular weight is 359 g/mol. The van der Waals surface area contributed by atoms with Crippen molar-refractivity contribution in [1.82, 2.24) is 24.5 Å². The molecule has 0 radical (unpaired) electrons. The number of pyridine rings is 2. The fraction of sp³-hybridized carbons (Fsp3) is 0.190. The highest BCUT2D eigenvalue weighted by atomic mass is 16.2. The molecule has 0 aromatic carbocycles. The van der Waals surface area contributed by atoms with Gasteiger partial charge in [0.15, 0.2) is 0 Å². The first-order valence-electron chi connectivity index (χ1n) is 8.81. The van der Waals surface area contributed by atoms with Crippen LogP contribution in [0.4, 0.5) is 0 Å². The summed E-state index contributed by atoms with van der Waals surface area (Å²) in [4.78, 5) is 16.7. The molecule has 0 fully saturated rings. The Bertz CT molecular complexity index is 1100. The van der Waals surface area contributed by atoms with Crippen LogP contribution in [0.3, 0.4) is 0 Å². The standard InChI is InChI=1S/C21H21N5O/c1-21(2,3)24-20(27)18-10-13-23-26(18)19-7-6-17-5-4-16(14-25(17)19)15-8-11-22-12-9-15/h4-14H,1-3H3,(H,24,27). The molecule has 0 bridgehead atoms. The van der Waals surface area contributed by atoms with Crippen molar-refractivity contribution in [2.45, 2.75) is 26.3 Å². The van der Waals surface area contributed by atoms with Crippen LogP contribution in [0.5, 0.6) is 0 Å². The summed E-state index contributed by atoms with van der Waals surface area (Å²) >= 11 is 0. The minimum absolute atomic E-state index is 0.153. The molecule has 0 saturated carbocycles. The Hall–Kier alpha value is -3.41. The van der Waals surface area contributed by atoms with Crippen molar-refractivity contribution >= 4 is 11.4 Å². The van der Waals surface area contributed by atoms with Gasteiger partial charge in [-0.15, -0.1) is 0 Å². The number of hydrogen-bond acceptors (Lipinski definition) is 3. The predicted molar refractivity (Wildman–Crippen MR) is 105 cm³/mol. The molecule has 136 valence electrons. The Morgan fingerprint density at radius 3 is 2.41 bits per heavy atom. The number of amides is 1. The van der Waals surface area contributed by atoms with Crippen molar-refractivity contribution in [2.75, 3.05) is 0 Å². The number of fused-ring (bicyclic) bond motifs is 1. The summed E-state index contributed by atoms with van der Waals surface area (Å²) in [5, 5.41) is 7.38. The van der Waals surface area contributed by atoms with Crippen LogP contribution in [0.15, 0.2) is 67.3 Å². The van der Waals surface area contributed by atoms with Crippen molar-refractivity contribution in [1.29, 1.82) is 0 Å². The second-order valence-electron chi connectivity index (χ2n) is 7.47. The van der Waals surface area contributed by atoms with Crippen LogP contribution in [0.25, 0.3) is 22.5 Å². The minimum atomic E-state index is -0.318. The summed E-state index contributed by atoms with van der Waals surface area (Å²) in [6.45, 7) is 5.87. The van der Waals surface area contributed by atoms with E-state index in [0.29, 0.717) is 5.69 Å². The molecule has 6 heteroatoms. The zero-order valence-electron chi connectivity index (χ0n) is 15.5. The van der Waals surface area contributed by atoms with E-state index in [4.69, 9.17) is 0 Å². The molecule has 0 spiro atoms.